The number of carbonyl (C=O) groups excluding carboxylic acids is 1. The first-order valence-electron chi connectivity index (χ1n) is 3.87. The minimum atomic E-state index is -4.18. The van der Waals surface area contributed by atoms with Crippen molar-refractivity contribution < 1.29 is 18.0 Å². The van der Waals surface area contributed by atoms with Crippen molar-refractivity contribution in [2.24, 2.45) is 16.3 Å². The van der Waals surface area contributed by atoms with Crippen LogP contribution in [0.3, 0.4) is 0 Å². The van der Waals surface area contributed by atoms with Crippen molar-refractivity contribution in [3.8, 4) is 0 Å². The molecule has 1 aliphatic carbocycles. The highest BCUT2D eigenvalue weighted by molar-refractivity contribution is 5.86. The van der Waals surface area contributed by atoms with E-state index in [0.717, 1.165) is 0 Å². The number of carbonyl (C=O) groups is 1. The molecule has 2 nitrogen and oxygen atoms in total. The summed E-state index contributed by atoms with van der Waals surface area (Å²) >= 11 is 0. The second kappa shape index (κ2) is 2.82. The Hall–Kier alpha value is -0.870. The van der Waals surface area contributed by atoms with Gasteiger partial charge < -0.3 is 0 Å². The van der Waals surface area contributed by atoms with Gasteiger partial charge in [-0.25, -0.2) is 4.99 Å². The van der Waals surface area contributed by atoms with Crippen molar-refractivity contribution in [1.82, 2.24) is 0 Å². The summed E-state index contributed by atoms with van der Waals surface area (Å²) in [6.45, 7) is 4.51. The molecule has 0 radical (unpaired) electrons. The molecule has 0 aromatic heterocycles. The van der Waals surface area contributed by atoms with E-state index in [9.17, 15) is 18.0 Å². The first-order valence-corrected chi connectivity index (χ1v) is 3.87. The molecule has 0 atom stereocenters. The first-order chi connectivity index (χ1) is 5.79. The van der Waals surface area contributed by atoms with Crippen LogP contribution in [0.15, 0.2) is 4.99 Å². The lowest BCUT2D eigenvalue weighted by Crippen LogP contribution is -2.46. The second-order valence-electron chi connectivity index (χ2n) is 3.67. The molecule has 0 unspecified atom stereocenters. The van der Waals surface area contributed by atoms with Gasteiger partial charge in [0.15, 0.2) is 0 Å². The molecule has 1 amide bonds. The third-order valence-electron chi connectivity index (χ3n) is 2.52. The zero-order valence-corrected chi connectivity index (χ0v) is 7.19. The standard InChI is InChI=1S/C8H10F3NO/c1-7(6(13)12-2)3-5(4-7)8(9,10)11/h5H,2-4H2,1H3. The number of hydrogen-bond donors (Lipinski definition) is 0. The molecular weight excluding hydrogens is 183 g/mol. The van der Waals surface area contributed by atoms with E-state index in [1.807, 2.05) is 0 Å². The van der Waals surface area contributed by atoms with Crippen LogP contribution in [0.25, 0.3) is 0 Å². The summed E-state index contributed by atoms with van der Waals surface area (Å²) in [5.74, 6) is -1.88. The minimum absolute atomic E-state index is 0.158. The molecule has 0 saturated heterocycles. The Balaban J connectivity index is 2.57. The van der Waals surface area contributed by atoms with Crippen molar-refractivity contribution in [2.75, 3.05) is 0 Å². The van der Waals surface area contributed by atoms with Crippen LogP contribution in [0, 0.1) is 11.3 Å². The molecule has 0 spiro atoms. The SMILES string of the molecule is C=NC(=O)C1(C)CC(C(F)(F)F)C1. The summed E-state index contributed by atoms with van der Waals surface area (Å²) in [5, 5.41) is 0. The maximum atomic E-state index is 12.1. The van der Waals surface area contributed by atoms with E-state index in [1.54, 1.807) is 0 Å². The molecule has 0 N–H and O–H groups in total. The van der Waals surface area contributed by atoms with Crippen LogP contribution in [0.2, 0.25) is 0 Å². The van der Waals surface area contributed by atoms with Gasteiger partial charge in [-0.3, -0.25) is 4.79 Å². The number of rotatable bonds is 1. The number of aliphatic imine (C=N–C) groups is 1. The molecule has 1 fully saturated rings. The molecule has 0 aliphatic heterocycles. The zero-order chi connectivity index (χ0) is 10.3. The molecule has 0 aromatic rings. The van der Waals surface area contributed by atoms with Crippen LogP contribution in [0.5, 0.6) is 0 Å². The summed E-state index contributed by atoms with van der Waals surface area (Å²) in [6, 6.07) is 0. The topological polar surface area (TPSA) is 29.4 Å². The van der Waals surface area contributed by atoms with Gasteiger partial charge in [-0.1, -0.05) is 6.92 Å². The van der Waals surface area contributed by atoms with Gasteiger partial charge >= 0.3 is 6.18 Å². The molecule has 0 aromatic carbocycles. The van der Waals surface area contributed by atoms with Crippen LogP contribution in [0.4, 0.5) is 13.2 Å². The van der Waals surface area contributed by atoms with E-state index in [0.29, 0.717) is 0 Å². The Labute approximate surface area is 73.8 Å². The molecule has 0 heterocycles. The maximum Gasteiger partial charge on any atom is 0.391 e. The molecule has 74 valence electrons. The number of nitrogens with zero attached hydrogens (tertiary/aromatic N) is 1. The highest BCUT2D eigenvalue weighted by Crippen LogP contribution is 2.52. The molecule has 1 aliphatic rings. The summed E-state index contributed by atoms with van der Waals surface area (Å²) < 4.78 is 36.2. The van der Waals surface area contributed by atoms with E-state index >= 15 is 0 Å². The number of alkyl halides is 3. The zero-order valence-electron chi connectivity index (χ0n) is 7.19. The maximum absolute atomic E-state index is 12.1. The highest BCUT2D eigenvalue weighted by Gasteiger charge is 2.56. The molecule has 1 saturated carbocycles. The summed E-state index contributed by atoms with van der Waals surface area (Å²) in [7, 11) is 0. The smallest absolute Gasteiger partial charge is 0.272 e. The predicted octanol–water partition coefficient (Wildman–Crippen LogP) is 2.19. The van der Waals surface area contributed by atoms with Crippen molar-refractivity contribution in [2.45, 2.75) is 25.9 Å². The minimum Gasteiger partial charge on any atom is -0.272 e. The summed E-state index contributed by atoms with van der Waals surface area (Å²) in [5.41, 5.74) is -0.929. The van der Waals surface area contributed by atoms with Gasteiger partial charge in [0, 0.05) is 5.41 Å². The predicted molar refractivity (Wildman–Crippen MR) is 41.4 cm³/mol. The van der Waals surface area contributed by atoms with Gasteiger partial charge in [0.2, 0.25) is 0 Å². The quantitative estimate of drug-likeness (QED) is 0.587. The van der Waals surface area contributed by atoms with Gasteiger partial charge in [0.05, 0.1) is 5.92 Å². The van der Waals surface area contributed by atoms with Crippen molar-refractivity contribution in [3.05, 3.63) is 0 Å². The van der Waals surface area contributed by atoms with Crippen molar-refractivity contribution in [3.63, 3.8) is 0 Å². The second-order valence-corrected chi connectivity index (χ2v) is 3.67. The van der Waals surface area contributed by atoms with E-state index in [1.165, 1.54) is 6.92 Å². The Morgan fingerprint density at radius 3 is 2.31 bits per heavy atom. The molecule has 0 bridgehead atoms. The van der Waals surface area contributed by atoms with E-state index < -0.39 is 23.4 Å². The fraction of sp³-hybridized carbons (Fsp3) is 0.750. The normalized spacial score (nSPS) is 33.7. The van der Waals surface area contributed by atoms with Crippen molar-refractivity contribution >= 4 is 12.6 Å². The lowest BCUT2D eigenvalue weighted by atomic mass is 9.62. The van der Waals surface area contributed by atoms with Crippen LogP contribution in [-0.2, 0) is 4.79 Å². The van der Waals surface area contributed by atoms with Crippen LogP contribution >= 0.6 is 0 Å². The Morgan fingerprint density at radius 2 is 2.00 bits per heavy atom. The Morgan fingerprint density at radius 1 is 1.54 bits per heavy atom. The van der Waals surface area contributed by atoms with Gasteiger partial charge in [-0.15, -0.1) is 0 Å². The van der Waals surface area contributed by atoms with E-state index in [4.69, 9.17) is 0 Å². The van der Waals surface area contributed by atoms with Crippen LogP contribution in [-0.4, -0.2) is 18.8 Å². The Kier molecular flexibility index (Phi) is 2.21. The first kappa shape index (κ1) is 10.2. The third kappa shape index (κ3) is 1.73. The number of amides is 1. The molecule has 13 heavy (non-hydrogen) atoms. The van der Waals surface area contributed by atoms with Gasteiger partial charge in [0.1, 0.15) is 0 Å². The van der Waals surface area contributed by atoms with Gasteiger partial charge in [-0.05, 0) is 19.6 Å². The molecular formula is C8H10F3NO. The average molecular weight is 193 g/mol. The highest BCUT2D eigenvalue weighted by atomic mass is 19.4. The monoisotopic (exact) mass is 193 g/mol. The van der Waals surface area contributed by atoms with Gasteiger partial charge in [-0.2, -0.15) is 13.2 Å². The molecule has 5 heteroatoms. The Bertz CT molecular complexity index is 240. The van der Waals surface area contributed by atoms with E-state index in [2.05, 4.69) is 11.7 Å². The largest absolute Gasteiger partial charge is 0.391 e. The number of hydrogen-bond acceptors (Lipinski definition) is 1. The fourth-order valence-corrected chi connectivity index (χ4v) is 1.62. The van der Waals surface area contributed by atoms with Crippen LogP contribution < -0.4 is 0 Å². The van der Waals surface area contributed by atoms with E-state index in [-0.39, 0.29) is 12.8 Å². The fourth-order valence-electron chi connectivity index (χ4n) is 1.62. The lowest BCUT2D eigenvalue weighted by Gasteiger charge is -2.43. The third-order valence-corrected chi connectivity index (χ3v) is 2.52. The summed E-state index contributed by atoms with van der Waals surface area (Å²) in [6.07, 6.45) is -4.50. The average Bonchev–Trinajstić information content (AvgIpc) is 1.95. The summed E-state index contributed by atoms with van der Waals surface area (Å²) in [4.78, 5) is 14.1. The van der Waals surface area contributed by atoms with Crippen LogP contribution in [0.1, 0.15) is 19.8 Å². The lowest BCUT2D eigenvalue weighted by molar-refractivity contribution is -0.217. The molecule has 1 rings (SSSR count). The van der Waals surface area contributed by atoms with Crippen molar-refractivity contribution in [1.29, 1.82) is 0 Å². The number of halogens is 3. The van der Waals surface area contributed by atoms with Gasteiger partial charge in [0.25, 0.3) is 5.91 Å².